The van der Waals surface area contributed by atoms with Gasteiger partial charge in [-0.2, -0.15) is 5.10 Å². The molecule has 4 rings (SSSR count). The van der Waals surface area contributed by atoms with Crippen molar-refractivity contribution in [1.29, 1.82) is 0 Å². The second kappa shape index (κ2) is 4.09. The number of aromatic nitrogens is 2. The van der Waals surface area contributed by atoms with Crippen LogP contribution >= 0.6 is 0 Å². The average molecular weight is 245 g/mol. The summed E-state index contributed by atoms with van der Waals surface area (Å²) in [4.78, 5) is 2.79. The van der Waals surface area contributed by atoms with Crippen LogP contribution in [-0.4, -0.2) is 33.8 Å². The van der Waals surface area contributed by atoms with Gasteiger partial charge in [-0.25, -0.2) is 0 Å². The van der Waals surface area contributed by atoms with Crippen LogP contribution in [0.1, 0.15) is 51.0 Å². The van der Waals surface area contributed by atoms with Gasteiger partial charge in [0.25, 0.3) is 0 Å². The summed E-state index contributed by atoms with van der Waals surface area (Å²) in [5.74, 6) is 0. The molecule has 18 heavy (non-hydrogen) atoms. The van der Waals surface area contributed by atoms with Crippen LogP contribution in [-0.2, 0) is 0 Å². The molecule has 98 valence electrons. The standard InChI is InChI=1S/C15H23N3/c1-6-15(7-1)8-3-14(15)17-11-4-13(5-12-17)18-10-2-9-16-18/h2,9-10,13-14H,1,3-8,11-12H2. The Morgan fingerprint density at radius 3 is 2.39 bits per heavy atom. The molecule has 1 unspecified atom stereocenters. The van der Waals surface area contributed by atoms with E-state index < -0.39 is 0 Å². The minimum absolute atomic E-state index is 0.647. The SMILES string of the molecule is c1cnn(C2CCN(C3CCC34CCC4)CC2)c1. The number of likely N-dealkylation sites (tertiary alicyclic amines) is 1. The fraction of sp³-hybridized carbons (Fsp3) is 0.800. The second-order valence-electron chi connectivity index (χ2n) is 6.52. The quantitative estimate of drug-likeness (QED) is 0.799. The van der Waals surface area contributed by atoms with Gasteiger partial charge in [0.05, 0.1) is 6.04 Å². The van der Waals surface area contributed by atoms with Crippen LogP contribution < -0.4 is 0 Å². The molecule has 1 aromatic rings. The van der Waals surface area contributed by atoms with Gasteiger partial charge in [0.1, 0.15) is 0 Å². The highest BCUT2D eigenvalue weighted by molar-refractivity contribution is 5.06. The summed E-state index contributed by atoms with van der Waals surface area (Å²) < 4.78 is 2.16. The lowest BCUT2D eigenvalue weighted by molar-refractivity contribution is -0.0915. The van der Waals surface area contributed by atoms with E-state index in [1.54, 1.807) is 0 Å². The van der Waals surface area contributed by atoms with E-state index in [1.807, 2.05) is 12.3 Å². The molecule has 2 saturated carbocycles. The minimum atomic E-state index is 0.647. The number of hydrogen-bond acceptors (Lipinski definition) is 2. The number of hydrogen-bond donors (Lipinski definition) is 0. The van der Waals surface area contributed by atoms with E-state index in [0.717, 1.165) is 11.5 Å². The summed E-state index contributed by atoms with van der Waals surface area (Å²) in [6.07, 6.45) is 14.1. The van der Waals surface area contributed by atoms with E-state index in [1.165, 1.54) is 58.0 Å². The zero-order chi connectivity index (χ0) is 12.0. The smallest absolute Gasteiger partial charge is 0.0543 e. The van der Waals surface area contributed by atoms with Crippen LogP contribution in [0.25, 0.3) is 0 Å². The fourth-order valence-corrected chi connectivity index (χ4v) is 4.42. The Labute approximate surface area is 109 Å². The van der Waals surface area contributed by atoms with Crippen molar-refractivity contribution in [1.82, 2.24) is 14.7 Å². The maximum Gasteiger partial charge on any atom is 0.0543 e. The third kappa shape index (κ3) is 1.56. The normalized spacial score (nSPS) is 32.1. The Morgan fingerprint density at radius 2 is 1.89 bits per heavy atom. The van der Waals surface area contributed by atoms with Crippen molar-refractivity contribution in [3.63, 3.8) is 0 Å². The molecule has 2 heterocycles. The first-order valence-electron chi connectivity index (χ1n) is 7.61. The van der Waals surface area contributed by atoms with Crippen LogP contribution in [0.2, 0.25) is 0 Å². The first-order chi connectivity index (χ1) is 8.87. The van der Waals surface area contributed by atoms with Gasteiger partial charge in [-0.05, 0) is 50.0 Å². The second-order valence-corrected chi connectivity index (χ2v) is 6.52. The number of piperidine rings is 1. The summed E-state index contributed by atoms with van der Waals surface area (Å²) in [5, 5.41) is 4.40. The lowest BCUT2D eigenvalue weighted by Gasteiger charge is -2.60. The molecule has 2 aliphatic carbocycles. The predicted molar refractivity (Wildman–Crippen MR) is 71.4 cm³/mol. The molecule has 1 spiro atoms. The molecule has 3 fully saturated rings. The zero-order valence-corrected chi connectivity index (χ0v) is 11.1. The van der Waals surface area contributed by atoms with Crippen molar-refractivity contribution in [3.8, 4) is 0 Å². The van der Waals surface area contributed by atoms with Gasteiger partial charge in [0.15, 0.2) is 0 Å². The van der Waals surface area contributed by atoms with Gasteiger partial charge in [0, 0.05) is 31.5 Å². The lowest BCUT2D eigenvalue weighted by Crippen LogP contribution is -2.59. The van der Waals surface area contributed by atoms with E-state index in [2.05, 4.69) is 20.9 Å². The molecule has 3 aliphatic rings. The van der Waals surface area contributed by atoms with Crippen molar-refractivity contribution in [2.24, 2.45) is 5.41 Å². The topological polar surface area (TPSA) is 21.1 Å². The Bertz CT molecular complexity index is 394. The summed E-state index contributed by atoms with van der Waals surface area (Å²) in [5.41, 5.74) is 0.776. The Hall–Kier alpha value is -0.830. The van der Waals surface area contributed by atoms with Crippen molar-refractivity contribution in [2.45, 2.75) is 57.0 Å². The first kappa shape index (κ1) is 11.0. The van der Waals surface area contributed by atoms with Crippen LogP contribution in [0, 0.1) is 5.41 Å². The van der Waals surface area contributed by atoms with Crippen LogP contribution in [0.4, 0.5) is 0 Å². The molecule has 1 aliphatic heterocycles. The fourth-order valence-electron chi connectivity index (χ4n) is 4.42. The third-order valence-electron chi connectivity index (χ3n) is 5.81. The van der Waals surface area contributed by atoms with Gasteiger partial charge in [-0.1, -0.05) is 6.42 Å². The van der Waals surface area contributed by atoms with Gasteiger partial charge in [-0.3, -0.25) is 9.58 Å². The van der Waals surface area contributed by atoms with Gasteiger partial charge in [0.2, 0.25) is 0 Å². The molecular formula is C15H23N3. The average Bonchev–Trinajstić information content (AvgIpc) is 2.80. The third-order valence-corrected chi connectivity index (χ3v) is 5.81. The molecule has 1 aromatic heterocycles. The monoisotopic (exact) mass is 245 g/mol. The maximum absolute atomic E-state index is 4.40. The summed E-state index contributed by atoms with van der Waals surface area (Å²) in [6.45, 7) is 2.58. The van der Waals surface area contributed by atoms with E-state index in [0.29, 0.717) is 6.04 Å². The molecule has 3 heteroatoms. The van der Waals surface area contributed by atoms with Crippen molar-refractivity contribution >= 4 is 0 Å². The Morgan fingerprint density at radius 1 is 1.06 bits per heavy atom. The minimum Gasteiger partial charge on any atom is -0.300 e. The van der Waals surface area contributed by atoms with E-state index in [9.17, 15) is 0 Å². The molecule has 1 atom stereocenters. The van der Waals surface area contributed by atoms with Gasteiger partial charge < -0.3 is 0 Å². The molecule has 0 amide bonds. The number of nitrogens with zero attached hydrogens (tertiary/aromatic N) is 3. The molecule has 0 aromatic carbocycles. The zero-order valence-electron chi connectivity index (χ0n) is 11.1. The van der Waals surface area contributed by atoms with Gasteiger partial charge >= 0.3 is 0 Å². The van der Waals surface area contributed by atoms with Crippen LogP contribution in [0.3, 0.4) is 0 Å². The van der Waals surface area contributed by atoms with Crippen LogP contribution in [0.15, 0.2) is 18.5 Å². The first-order valence-corrected chi connectivity index (χ1v) is 7.61. The van der Waals surface area contributed by atoms with Gasteiger partial charge in [-0.15, -0.1) is 0 Å². The van der Waals surface area contributed by atoms with Crippen molar-refractivity contribution in [3.05, 3.63) is 18.5 Å². The molecule has 0 radical (unpaired) electrons. The van der Waals surface area contributed by atoms with Crippen molar-refractivity contribution in [2.75, 3.05) is 13.1 Å². The highest BCUT2D eigenvalue weighted by Crippen LogP contribution is 2.58. The Kier molecular flexibility index (Phi) is 2.51. The lowest BCUT2D eigenvalue weighted by atomic mass is 9.52. The number of rotatable bonds is 2. The summed E-state index contributed by atoms with van der Waals surface area (Å²) in [7, 11) is 0. The molecule has 1 saturated heterocycles. The summed E-state index contributed by atoms with van der Waals surface area (Å²) >= 11 is 0. The highest BCUT2D eigenvalue weighted by Gasteiger charge is 2.52. The largest absolute Gasteiger partial charge is 0.300 e. The van der Waals surface area contributed by atoms with E-state index in [-0.39, 0.29) is 0 Å². The van der Waals surface area contributed by atoms with E-state index in [4.69, 9.17) is 0 Å². The molecule has 0 N–H and O–H groups in total. The molecular weight excluding hydrogens is 222 g/mol. The molecule has 3 nitrogen and oxygen atoms in total. The predicted octanol–water partition coefficient (Wildman–Crippen LogP) is 2.85. The van der Waals surface area contributed by atoms with Crippen molar-refractivity contribution < 1.29 is 0 Å². The maximum atomic E-state index is 4.40. The highest BCUT2D eigenvalue weighted by atomic mass is 15.3. The molecule has 0 bridgehead atoms. The van der Waals surface area contributed by atoms with E-state index >= 15 is 0 Å². The summed E-state index contributed by atoms with van der Waals surface area (Å²) in [6, 6.07) is 3.63. The Balaban J connectivity index is 1.37. The van der Waals surface area contributed by atoms with Crippen LogP contribution in [0.5, 0.6) is 0 Å².